The molecule has 0 saturated carbocycles. The molecule has 0 spiro atoms. The van der Waals surface area contributed by atoms with Crippen molar-refractivity contribution in [3.63, 3.8) is 0 Å². The van der Waals surface area contributed by atoms with Crippen LogP contribution in [0.25, 0.3) is 0 Å². The summed E-state index contributed by atoms with van der Waals surface area (Å²) in [6, 6.07) is 5.82. The fourth-order valence-corrected chi connectivity index (χ4v) is 2.39. The molecule has 0 saturated heterocycles. The summed E-state index contributed by atoms with van der Waals surface area (Å²) in [5.41, 5.74) is 2.09. The number of nitrogens with one attached hydrogen (secondary N) is 1. The number of nitrogens with zero attached hydrogens (tertiary/aromatic N) is 2. The Morgan fingerprint density at radius 1 is 1.29 bits per heavy atom. The lowest BCUT2D eigenvalue weighted by molar-refractivity contribution is 0.472. The summed E-state index contributed by atoms with van der Waals surface area (Å²) in [6.45, 7) is 4.77. The average Bonchev–Trinajstić information content (AvgIpc) is 2.85. The second-order valence-electron chi connectivity index (χ2n) is 5.07. The highest BCUT2D eigenvalue weighted by molar-refractivity contribution is 5.31. The lowest BCUT2D eigenvalue weighted by Crippen LogP contribution is -2.26. The van der Waals surface area contributed by atoms with Crippen LogP contribution in [0.2, 0.25) is 0 Å². The van der Waals surface area contributed by atoms with Crippen LogP contribution in [-0.2, 0) is 13.5 Å². The molecule has 2 aromatic rings. The van der Waals surface area contributed by atoms with Gasteiger partial charge in [-0.2, -0.15) is 5.10 Å². The van der Waals surface area contributed by atoms with Crippen molar-refractivity contribution in [2.24, 2.45) is 7.05 Å². The summed E-state index contributed by atoms with van der Waals surface area (Å²) in [7, 11) is 1.83. The van der Waals surface area contributed by atoms with Crippen molar-refractivity contribution in [3.8, 4) is 0 Å². The normalized spacial score (nSPS) is 12.6. The first-order valence-corrected chi connectivity index (χ1v) is 7.28. The maximum Gasteiger partial charge on any atom is 0.163 e. The van der Waals surface area contributed by atoms with Crippen LogP contribution in [-0.4, -0.2) is 16.3 Å². The van der Waals surface area contributed by atoms with Crippen LogP contribution in [0.5, 0.6) is 0 Å². The molecular formula is C16H21F2N3. The number of aromatic nitrogens is 2. The Morgan fingerprint density at radius 2 is 2.05 bits per heavy atom. The van der Waals surface area contributed by atoms with Gasteiger partial charge in [-0.3, -0.25) is 4.68 Å². The van der Waals surface area contributed by atoms with Gasteiger partial charge in [-0.05, 0) is 31.5 Å². The smallest absolute Gasteiger partial charge is 0.163 e. The van der Waals surface area contributed by atoms with Gasteiger partial charge in [-0.15, -0.1) is 0 Å². The van der Waals surface area contributed by atoms with Gasteiger partial charge >= 0.3 is 0 Å². The molecule has 0 amide bonds. The molecule has 1 N–H and O–H groups in total. The molecule has 1 atom stereocenters. The molecule has 2 rings (SSSR count). The third-order valence-electron chi connectivity index (χ3n) is 3.52. The third-order valence-corrected chi connectivity index (χ3v) is 3.52. The molecule has 21 heavy (non-hydrogen) atoms. The summed E-state index contributed by atoms with van der Waals surface area (Å²) >= 11 is 0. The first kappa shape index (κ1) is 15.6. The van der Waals surface area contributed by atoms with E-state index in [1.807, 2.05) is 27.0 Å². The summed E-state index contributed by atoms with van der Waals surface area (Å²) in [5, 5.41) is 7.68. The number of aryl methyl sites for hydroxylation is 2. The van der Waals surface area contributed by atoms with Gasteiger partial charge in [0.1, 0.15) is 0 Å². The van der Waals surface area contributed by atoms with Gasteiger partial charge in [0, 0.05) is 12.6 Å². The largest absolute Gasteiger partial charge is 0.305 e. The Hall–Kier alpha value is -1.75. The highest BCUT2D eigenvalue weighted by atomic mass is 19.2. The van der Waals surface area contributed by atoms with Crippen molar-refractivity contribution in [2.75, 3.05) is 6.54 Å². The Bertz CT molecular complexity index is 608. The molecule has 0 aliphatic heterocycles. The minimum atomic E-state index is -0.825. The maximum absolute atomic E-state index is 14.1. The summed E-state index contributed by atoms with van der Waals surface area (Å²) in [5.74, 6) is -1.63. The maximum atomic E-state index is 14.1. The Morgan fingerprint density at radius 3 is 2.67 bits per heavy atom. The van der Waals surface area contributed by atoms with Crippen molar-refractivity contribution < 1.29 is 8.78 Å². The van der Waals surface area contributed by atoms with Gasteiger partial charge in [0.2, 0.25) is 0 Å². The molecule has 3 nitrogen and oxygen atoms in total. The van der Waals surface area contributed by atoms with Gasteiger partial charge in [0.15, 0.2) is 11.6 Å². The number of hydrogen-bond donors (Lipinski definition) is 1. The minimum Gasteiger partial charge on any atom is -0.305 e. The lowest BCUT2D eigenvalue weighted by atomic mass is 10.0. The number of hydrogen-bond acceptors (Lipinski definition) is 2. The third kappa shape index (κ3) is 3.29. The molecule has 0 bridgehead atoms. The monoisotopic (exact) mass is 293 g/mol. The molecule has 0 radical (unpaired) electrons. The van der Waals surface area contributed by atoms with Crippen LogP contribution in [0.3, 0.4) is 0 Å². The van der Waals surface area contributed by atoms with Crippen molar-refractivity contribution in [1.29, 1.82) is 0 Å². The predicted octanol–water partition coefficient (Wildman–Crippen LogP) is 3.35. The van der Waals surface area contributed by atoms with E-state index in [0.717, 1.165) is 30.3 Å². The zero-order chi connectivity index (χ0) is 15.4. The number of halogens is 2. The van der Waals surface area contributed by atoms with E-state index in [9.17, 15) is 8.78 Å². The van der Waals surface area contributed by atoms with Crippen molar-refractivity contribution in [3.05, 3.63) is 52.9 Å². The first-order valence-electron chi connectivity index (χ1n) is 7.28. The van der Waals surface area contributed by atoms with E-state index in [2.05, 4.69) is 10.4 Å². The number of rotatable bonds is 6. The van der Waals surface area contributed by atoms with Gasteiger partial charge < -0.3 is 5.32 Å². The lowest BCUT2D eigenvalue weighted by Gasteiger charge is -2.20. The van der Waals surface area contributed by atoms with Crippen LogP contribution < -0.4 is 5.32 Å². The highest BCUT2D eigenvalue weighted by Gasteiger charge is 2.22. The molecule has 1 aromatic heterocycles. The van der Waals surface area contributed by atoms with E-state index in [0.29, 0.717) is 12.1 Å². The quantitative estimate of drug-likeness (QED) is 0.885. The van der Waals surface area contributed by atoms with Crippen LogP contribution in [0, 0.1) is 11.6 Å². The minimum absolute atomic E-state index is 0.314. The van der Waals surface area contributed by atoms with E-state index in [-0.39, 0.29) is 0 Å². The second kappa shape index (κ2) is 6.80. The van der Waals surface area contributed by atoms with E-state index in [1.54, 1.807) is 10.7 Å². The summed E-state index contributed by atoms with van der Waals surface area (Å²) in [6.07, 6.45) is 1.71. The van der Waals surface area contributed by atoms with Crippen molar-refractivity contribution >= 4 is 0 Å². The molecule has 1 heterocycles. The van der Waals surface area contributed by atoms with Crippen molar-refractivity contribution in [2.45, 2.75) is 32.7 Å². The second-order valence-corrected chi connectivity index (χ2v) is 5.07. The summed E-state index contributed by atoms with van der Waals surface area (Å²) < 4.78 is 29.4. The van der Waals surface area contributed by atoms with E-state index in [1.165, 1.54) is 6.07 Å². The Balaban J connectivity index is 2.47. The van der Waals surface area contributed by atoms with E-state index >= 15 is 0 Å². The predicted molar refractivity (Wildman–Crippen MR) is 79.1 cm³/mol. The molecular weight excluding hydrogens is 272 g/mol. The molecule has 1 unspecified atom stereocenters. The topological polar surface area (TPSA) is 29.9 Å². The van der Waals surface area contributed by atoms with Gasteiger partial charge in [0.05, 0.1) is 17.4 Å². The van der Waals surface area contributed by atoms with Gasteiger partial charge in [-0.1, -0.05) is 26.0 Å². The average molecular weight is 293 g/mol. The van der Waals surface area contributed by atoms with Crippen molar-refractivity contribution in [1.82, 2.24) is 15.1 Å². The fraction of sp³-hybridized carbons (Fsp3) is 0.438. The van der Waals surface area contributed by atoms with Gasteiger partial charge in [0.25, 0.3) is 0 Å². The fourth-order valence-electron chi connectivity index (χ4n) is 2.39. The SMILES string of the molecule is CCCNC(c1cccc(F)c1F)c1cc(CC)nn1C. The zero-order valence-electron chi connectivity index (χ0n) is 12.7. The van der Waals surface area contributed by atoms with E-state index < -0.39 is 17.7 Å². The molecule has 0 aliphatic carbocycles. The van der Waals surface area contributed by atoms with Crippen LogP contribution in [0.15, 0.2) is 24.3 Å². The Kier molecular flexibility index (Phi) is 5.07. The zero-order valence-corrected chi connectivity index (χ0v) is 12.7. The van der Waals surface area contributed by atoms with E-state index in [4.69, 9.17) is 0 Å². The molecule has 0 fully saturated rings. The molecule has 1 aromatic carbocycles. The van der Waals surface area contributed by atoms with Crippen LogP contribution >= 0.6 is 0 Å². The van der Waals surface area contributed by atoms with Crippen LogP contribution in [0.4, 0.5) is 8.78 Å². The van der Waals surface area contributed by atoms with Crippen LogP contribution in [0.1, 0.15) is 43.3 Å². The highest BCUT2D eigenvalue weighted by Crippen LogP contribution is 2.26. The first-order chi connectivity index (χ1) is 10.1. The Labute approximate surface area is 124 Å². The van der Waals surface area contributed by atoms with Gasteiger partial charge in [-0.25, -0.2) is 8.78 Å². The molecule has 114 valence electrons. The molecule has 0 aliphatic rings. The molecule has 5 heteroatoms. The number of benzene rings is 1. The standard InChI is InChI=1S/C16H21F2N3/c1-4-9-19-16(12-7-6-8-13(17)15(12)18)14-10-11(5-2)20-21(14)3/h6-8,10,16,19H,4-5,9H2,1-3H3. The summed E-state index contributed by atoms with van der Waals surface area (Å²) in [4.78, 5) is 0.